The second-order valence-corrected chi connectivity index (χ2v) is 8.61. The normalized spacial score (nSPS) is 10.9. The van der Waals surface area contributed by atoms with E-state index in [0.29, 0.717) is 41.4 Å². The Kier molecular flexibility index (Phi) is 8.37. The molecule has 4 aromatic rings. The lowest BCUT2D eigenvalue weighted by molar-refractivity contribution is 0.168. The molecule has 37 heavy (non-hydrogen) atoms. The summed E-state index contributed by atoms with van der Waals surface area (Å²) in [5.74, 6) is 0. The molecule has 0 saturated heterocycles. The smallest absolute Gasteiger partial charge is 0.411 e. The van der Waals surface area contributed by atoms with E-state index in [2.05, 4.69) is 20.7 Å². The van der Waals surface area contributed by atoms with Gasteiger partial charge in [-0.25, -0.2) is 14.5 Å². The maximum Gasteiger partial charge on any atom is 0.411 e. The van der Waals surface area contributed by atoms with Gasteiger partial charge in [0.05, 0.1) is 41.1 Å². The van der Waals surface area contributed by atoms with Gasteiger partial charge >= 0.3 is 6.09 Å². The second-order valence-electron chi connectivity index (χ2n) is 8.61. The van der Waals surface area contributed by atoms with Crippen LogP contribution in [0, 0.1) is 0 Å². The first-order valence-corrected chi connectivity index (χ1v) is 12.2. The van der Waals surface area contributed by atoms with Crippen molar-refractivity contribution in [3.63, 3.8) is 0 Å². The number of nitrogens with one attached hydrogen (secondary N) is 2. The summed E-state index contributed by atoms with van der Waals surface area (Å²) < 4.78 is 6.57. The molecule has 3 aromatic heterocycles. The minimum atomic E-state index is -0.575. The van der Waals surface area contributed by atoms with Gasteiger partial charge in [-0.1, -0.05) is 36.4 Å². The first-order chi connectivity index (χ1) is 18.0. The molecule has 0 fully saturated rings. The Morgan fingerprint density at radius 2 is 1.81 bits per heavy atom. The number of hydrogen-bond donors (Lipinski definition) is 2. The summed E-state index contributed by atoms with van der Waals surface area (Å²) >= 11 is 0. The molecule has 0 bridgehead atoms. The molecular formula is C28H30N6O3. The highest BCUT2D eigenvalue weighted by Crippen LogP contribution is 2.33. The Bertz CT molecular complexity index is 1400. The van der Waals surface area contributed by atoms with Crippen molar-refractivity contribution in [2.45, 2.75) is 39.9 Å². The van der Waals surface area contributed by atoms with E-state index in [0.717, 1.165) is 11.3 Å². The van der Waals surface area contributed by atoms with E-state index in [1.54, 1.807) is 19.2 Å². The lowest BCUT2D eigenvalue weighted by Crippen LogP contribution is -2.24. The first kappa shape index (κ1) is 25.7. The van der Waals surface area contributed by atoms with Crippen LogP contribution in [-0.4, -0.2) is 32.4 Å². The van der Waals surface area contributed by atoms with Gasteiger partial charge in [0, 0.05) is 36.5 Å². The number of nitrogens with zero attached hydrogens (tertiary/aromatic N) is 4. The van der Waals surface area contributed by atoms with Crippen molar-refractivity contribution in [3.05, 3.63) is 94.7 Å². The molecule has 9 nitrogen and oxygen atoms in total. The van der Waals surface area contributed by atoms with E-state index in [-0.39, 0.29) is 18.2 Å². The Balaban J connectivity index is 1.81. The van der Waals surface area contributed by atoms with Crippen LogP contribution in [0.5, 0.6) is 0 Å². The standard InChI is InChI=1S/C28H30N6O3/c1-4-37-28(36)32-24-16-22(23-13-14-26(35)34(33-23)19(2)3)27(20-10-6-5-7-11-20)31-25(24)18-29-17-21-12-8-9-15-30-21/h5-16,19,29H,4,17-18H2,1-3H3,(H,32,36). The van der Waals surface area contributed by atoms with Crippen molar-refractivity contribution in [1.29, 1.82) is 0 Å². The number of anilines is 1. The zero-order valence-corrected chi connectivity index (χ0v) is 21.1. The molecule has 0 saturated carbocycles. The SMILES string of the molecule is CCOC(=O)Nc1cc(-c2ccc(=O)n(C(C)C)n2)c(-c2ccccc2)nc1CNCc1ccccn1. The monoisotopic (exact) mass is 498 g/mol. The summed E-state index contributed by atoms with van der Waals surface area (Å²) in [7, 11) is 0. The molecule has 0 radical (unpaired) electrons. The number of pyridine rings is 2. The third-order valence-corrected chi connectivity index (χ3v) is 5.58. The first-order valence-electron chi connectivity index (χ1n) is 12.2. The number of aromatic nitrogens is 4. The number of benzene rings is 1. The maximum absolute atomic E-state index is 12.4. The Labute approximate surface area is 215 Å². The van der Waals surface area contributed by atoms with Gasteiger partial charge in [0.2, 0.25) is 0 Å². The number of carbonyl (C=O) groups is 1. The fourth-order valence-corrected chi connectivity index (χ4v) is 3.83. The van der Waals surface area contributed by atoms with E-state index in [9.17, 15) is 9.59 Å². The van der Waals surface area contributed by atoms with Gasteiger partial charge in [-0.2, -0.15) is 5.10 Å². The number of hydrogen-bond acceptors (Lipinski definition) is 7. The predicted octanol–water partition coefficient (Wildman–Crippen LogP) is 4.81. The van der Waals surface area contributed by atoms with Crippen LogP contribution in [-0.2, 0) is 17.8 Å². The van der Waals surface area contributed by atoms with Crippen LogP contribution in [0.2, 0.25) is 0 Å². The Hall–Kier alpha value is -4.37. The van der Waals surface area contributed by atoms with Gasteiger partial charge in [0.15, 0.2) is 0 Å². The van der Waals surface area contributed by atoms with Gasteiger partial charge < -0.3 is 10.1 Å². The minimum absolute atomic E-state index is 0.118. The summed E-state index contributed by atoms with van der Waals surface area (Å²) in [6, 6.07) is 20.4. The molecule has 0 aliphatic carbocycles. The quantitative estimate of drug-likeness (QED) is 0.341. The summed E-state index contributed by atoms with van der Waals surface area (Å²) in [6.07, 6.45) is 1.17. The number of ether oxygens (including phenoxy) is 1. The molecule has 1 amide bonds. The number of amides is 1. The van der Waals surface area contributed by atoms with Crippen LogP contribution in [0.15, 0.2) is 77.7 Å². The van der Waals surface area contributed by atoms with Gasteiger partial charge in [0.1, 0.15) is 0 Å². The van der Waals surface area contributed by atoms with Gasteiger partial charge in [-0.3, -0.25) is 15.1 Å². The van der Waals surface area contributed by atoms with E-state index in [4.69, 9.17) is 9.72 Å². The van der Waals surface area contributed by atoms with Crippen LogP contribution in [0.4, 0.5) is 10.5 Å². The van der Waals surface area contributed by atoms with Crippen LogP contribution in [0.1, 0.15) is 38.2 Å². The van der Waals surface area contributed by atoms with Crippen molar-refractivity contribution in [1.82, 2.24) is 25.1 Å². The van der Waals surface area contributed by atoms with E-state index >= 15 is 0 Å². The van der Waals surface area contributed by atoms with E-state index < -0.39 is 6.09 Å². The summed E-state index contributed by atoms with van der Waals surface area (Å²) in [4.78, 5) is 34.1. The molecule has 0 spiro atoms. The lowest BCUT2D eigenvalue weighted by atomic mass is 10.0. The molecule has 0 unspecified atom stereocenters. The fourth-order valence-electron chi connectivity index (χ4n) is 3.83. The average molecular weight is 499 g/mol. The predicted molar refractivity (Wildman–Crippen MR) is 143 cm³/mol. The minimum Gasteiger partial charge on any atom is -0.450 e. The van der Waals surface area contributed by atoms with Crippen molar-refractivity contribution >= 4 is 11.8 Å². The Morgan fingerprint density at radius 1 is 1.03 bits per heavy atom. The third-order valence-electron chi connectivity index (χ3n) is 5.58. The molecule has 9 heteroatoms. The molecule has 4 rings (SSSR count). The van der Waals surface area contributed by atoms with Crippen LogP contribution < -0.4 is 16.2 Å². The largest absolute Gasteiger partial charge is 0.450 e. The molecule has 3 heterocycles. The highest BCUT2D eigenvalue weighted by Gasteiger charge is 2.19. The van der Waals surface area contributed by atoms with Crippen molar-refractivity contribution in [3.8, 4) is 22.5 Å². The maximum atomic E-state index is 12.4. The number of rotatable bonds is 9. The van der Waals surface area contributed by atoms with Crippen LogP contribution >= 0.6 is 0 Å². The third kappa shape index (κ3) is 6.45. The summed E-state index contributed by atoms with van der Waals surface area (Å²) in [6.45, 7) is 6.69. The summed E-state index contributed by atoms with van der Waals surface area (Å²) in [5.41, 5.74) is 4.65. The average Bonchev–Trinajstić information content (AvgIpc) is 2.90. The lowest BCUT2D eigenvalue weighted by Gasteiger charge is -2.18. The summed E-state index contributed by atoms with van der Waals surface area (Å²) in [5, 5.41) is 10.8. The molecule has 0 aliphatic rings. The fraction of sp³-hybridized carbons (Fsp3) is 0.250. The molecule has 190 valence electrons. The number of carbonyl (C=O) groups excluding carboxylic acids is 1. The van der Waals surface area contributed by atoms with Crippen molar-refractivity contribution < 1.29 is 9.53 Å². The zero-order valence-electron chi connectivity index (χ0n) is 21.1. The van der Waals surface area contributed by atoms with Crippen molar-refractivity contribution in [2.75, 3.05) is 11.9 Å². The molecule has 1 aromatic carbocycles. The van der Waals surface area contributed by atoms with Crippen LogP contribution in [0.25, 0.3) is 22.5 Å². The molecule has 0 atom stereocenters. The van der Waals surface area contributed by atoms with Crippen LogP contribution in [0.3, 0.4) is 0 Å². The van der Waals surface area contributed by atoms with E-state index in [1.807, 2.05) is 68.4 Å². The van der Waals surface area contributed by atoms with Gasteiger partial charge in [0.25, 0.3) is 5.56 Å². The molecular weight excluding hydrogens is 468 g/mol. The van der Waals surface area contributed by atoms with Gasteiger partial charge in [-0.15, -0.1) is 0 Å². The Morgan fingerprint density at radius 3 is 2.51 bits per heavy atom. The second kappa shape index (κ2) is 12.0. The van der Waals surface area contributed by atoms with Gasteiger partial charge in [-0.05, 0) is 45.0 Å². The zero-order chi connectivity index (χ0) is 26.2. The van der Waals surface area contributed by atoms with E-state index in [1.165, 1.54) is 10.7 Å². The molecule has 2 N–H and O–H groups in total. The highest BCUT2D eigenvalue weighted by atomic mass is 16.5. The topological polar surface area (TPSA) is 111 Å². The molecule has 0 aliphatic heterocycles. The highest BCUT2D eigenvalue weighted by molar-refractivity contribution is 5.89. The van der Waals surface area contributed by atoms with Crippen molar-refractivity contribution in [2.24, 2.45) is 0 Å².